The zero-order valence-corrected chi connectivity index (χ0v) is 14.4. The van der Waals surface area contributed by atoms with E-state index in [2.05, 4.69) is 40.6 Å². The minimum absolute atomic E-state index is 0.561. The van der Waals surface area contributed by atoms with Crippen LogP contribution in [0.1, 0.15) is 11.1 Å². The van der Waals surface area contributed by atoms with Gasteiger partial charge in [0.2, 0.25) is 0 Å². The first-order chi connectivity index (χ1) is 12.9. The summed E-state index contributed by atoms with van der Waals surface area (Å²) < 4.78 is 5.92. The Labute approximate surface area is 153 Å². The lowest BCUT2D eigenvalue weighted by atomic mass is 10.2. The Kier molecular flexibility index (Phi) is 4.79. The van der Waals surface area contributed by atoms with Crippen molar-refractivity contribution in [2.24, 2.45) is 0 Å². The molecule has 3 aromatic carbocycles. The van der Waals surface area contributed by atoms with Crippen LogP contribution in [0.25, 0.3) is 10.9 Å². The average Bonchev–Trinajstić information content (AvgIpc) is 2.72. The first kappa shape index (κ1) is 16.2. The average molecular weight is 340 g/mol. The molecule has 0 aliphatic carbocycles. The third-order valence-electron chi connectivity index (χ3n) is 4.24. The van der Waals surface area contributed by atoms with Gasteiger partial charge in [0.1, 0.15) is 12.4 Å². The van der Waals surface area contributed by atoms with Crippen molar-refractivity contribution in [3.05, 3.63) is 102 Å². The van der Waals surface area contributed by atoms with Gasteiger partial charge in [-0.15, -0.1) is 0 Å². The number of hydrogen-bond acceptors (Lipinski definition) is 3. The van der Waals surface area contributed by atoms with Crippen molar-refractivity contribution in [3.8, 4) is 5.75 Å². The highest BCUT2D eigenvalue weighted by Gasteiger charge is 2.02. The summed E-state index contributed by atoms with van der Waals surface area (Å²) in [7, 11) is 0. The van der Waals surface area contributed by atoms with Gasteiger partial charge in [-0.2, -0.15) is 0 Å². The van der Waals surface area contributed by atoms with Crippen LogP contribution < -0.4 is 10.1 Å². The van der Waals surface area contributed by atoms with Gasteiger partial charge in [0.25, 0.3) is 0 Å². The van der Waals surface area contributed by atoms with Crippen LogP contribution in [0.15, 0.2) is 91.1 Å². The summed E-state index contributed by atoms with van der Waals surface area (Å²) in [4.78, 5) is 4.53. The number of rotatable bonds is 6. The zero-order valence-electron chi connectivity index (χ0n) is 14.4. The highest BCUT2D eigenvalue weighted by molar-refractivity contribution is 5.83. The van der Waals surface area contributed by atoms with Crippen molar-refractivity contribution < 1.29 is 4.74 Å². The van der Waals surface area contributed by atoms with Gasteiger partial charge in [-0.25, -0.2) is 0 Å². The van der Waals surface area contributed by atoms with Gasteiger partial charge >= 0.3 is 0 Å². The van der Waals surface area contributed by atoms with E-state index in [1.807, 2.05) is 60.8 Å². The van der Waals surface area contributed by atoms with Crippen LogP contribution in [0, 0.1) is 0 Å². The normalized spacial score (nSPS) is 10.6. The van der Waals surface area contributed by atoms with E-state index in [9.17, 15) is 0 Å². The smallest absolute Gasteiger partial charge is 0.120 e. The molecule has 0 bridgehead atoms. The number of benzene rings is 3. The van der Waals surface area contributed by atoms with Crippen LogP contribution >= 0.6 is 0 Å². The lowest BCUT2D eigenvalue weighted by Crippen LogP contribution is -1.99. The van der Waals surface area contributed by atoms with E-state index in [1.54, 1.807) is 0 Å². The van der Waals surface area contributed by atoms with Crippen molar-refractivity contribution in [1.82, 2.24) is 4.98 Å². The topological polar surface area (TPSA) is 34.2 Å². The summed E-state index contributed by atoms with van der Waals surface area (Å²) in [5, 5.41) is 4.49. The molecule has 0 radical (unpaired) electrons. The number of fused-ring (bicyclic) bond motifs is 1. The van der Waals surface area contributed by atoms with E-state index in [0.29, 0.717) is 6.61 Å². The van der Waals surface area contributed by atoms with Gasteiger partial charge in [-0.1, -0.05) is 60.7 Å². The third-order valence-corrected chi connectivity index (χ3v) is 4.24. The molecule has 0 aliphatic heterocycles. The molecule has 0 spiro atoms. The van der Waals surface area contributed by atoms with E-state index in [1.165, 1.54) is 5.56 Å². The van der Waals surface area contributed by atoms with Crippen molar-refractivity contribution in [3.63, 3.8) is 0 Å². The van der Waals surface area contributed by atoms with E-state index in [-0.39, 0.29) is 0 Å². The monoisotopic (exact) mass is 340 g/mol. The Morgan fingerprint density at radius 1 is 0.769 bits per heavy atom. The number of hydrogen-bond donors (Lipinski definition) is 1. The molecule has 1 N–H and O–H groups in total. The minimum atomic E-state index is 0.561. The van der Waals surface area contributed by atoms with Gasteiger partial charge in [0, 0.05) is 11.9 Å². The second kappa shape index (κ2) is 7.70. The zero-order chi connectivity index (χ0) is 17.6. The van der Waals surface area contributed by atoms with Crippen molar-refractivity contribution in [2.75, 3.05) is 5.32 Å². The Morgan fingerprint density at radius 2 is 1.50 bits per heavy atom. The molecule has 0 atom stereocenters. The molecule has 26 heavy (non-hydrogen) atoms. The Balaban J connectivity index is 1.47. The van der Waals surface area contributed by atoms with Crippen LogP contribution in [0.4, 0.5) is 5.69 Å². The Morgan fingerprint density at radius 3 is 2.27 bits per heavy atom. The fourth-order valence-electron chi connectivity index (χ4n) is 2.84. The van der Waals surface area contributed by atoms with E-state index in [4.69, 9.17) is 4.74 Å². The molecule has 0 fully saturated rings. The molecule has 4 rings (SSSR count). The molecule has 0 amide bonds. The van der Waals surface area contributed by atoms with Gasteiger partial charge in [-0.05, 0) is 35.4 Å². The maximum atomic E-state index is 5.92. The van der Waals surface area contributed by atoms with Crippen LogP contribution in [0.2, 0.25) is 0 Å². The van der Waals surface area contributed by atoms with Crippen LogP contribution in [-0.4, -0.2) is 4.98 Å². The Hall–Kier alpha value is -3.33. The molecule has 0 unspecified atom stereocenters. The van der Waals surface area contributed by atoms with Gasteiger partial charge in [0.15, 0.2) is 0 Å². The maximum Gasteiger partial charge on any atom is 0.120 e. The number of pyridine rings is 1. The minimum Gasteiger partial charge on any atom is -0.489 e. The lowest BCUT2D eigenvalue weighted by molar-refractivity contribution is 0.306. The molecule has 0 saturated heterocycles. The summed E-state index contributed by atoms with van der Waals surface area (Å²) >= 11 is 0. The molecule has 3 heteroatoms. The summed E-state index contributed by atoms with van der Waals surface area (Å²) in [5.41, 5.74) is 4.36. The van der Waals surface area contributed by atoms with Crippen molar-refractivity contribution >= 4 is 16.6 Å². The standard InChI is InChI=1S/C23H20N2O/c1-3-7-18(8-4-1)15-24-21-13-20-14-22(11-12-23(20)25-16-21)26-17-19-9-5-2-6-10-19/h1-14,16,24H,15,17H2. The fourth-order valence-corrected chi connectivity index (χ4v) is 2.84. The third kappa shape index (κ3) is 4.01. The number of nitrogens with zero attached hydrogens (tertiary/aromatic N) is 1. The van der Waals surface area contributed by atoms with E-state index < -0.39 is 0 Å². The molecule has 4 aromatic rings. The summed E-state index contributed by atoms with van der Waals surface area (Å²) in [6, 6.07) is 28.6. The molecule has 128 valence electrons. The lowest BCUT2D eigenvalue weighted by Gasteiger charge is -2.09. The molecular formula is C23H20N2O. The molecule has 3 nitrogen and oxygen atoms in total. The molecule has 1 aromatic heterocycles. The van der Waals surface area contributed by atoms with Gasteiger partial charge < -0.3 is 10.1 Å². The summed E-state index contributed by atoms with van der Waals surface area (Å²) in [6.07, 6.45) is 1.87. The summed E-state index contributed by atoms with van der Waals surface area (Å²) in [5.74, 6) is 0.850. The summed E-state index contributed by atoms with van der Waals surface area (Å²) in [6.45, 7) is 1.34. The van der Waals surface area contributed by atoms with Gasteiger partial charge in [0.05, 0.1) is 17.4 Å². The SMILES string of the molecule is c1ccc(CNc2cnc3ccc(OCc4ccccc4)cc3c2)cc1. The number of ether oxygens (including phenoxy) is 1. The van der Waals surface area contributed by atoms with Crippen LogP contribution in [0.3, 0.4) is 0 Å². The molecule has 0 saturated carbocycles. The number of anilines is 1. The second-order valence-corrected chi connectivity index (χ2v) is 6.19. The highest BCUT2D eigenvalue weighted by atomic mass is 16.5. The number of aromatic nitrogens is 1. The predicted molar refractivity (Wildman–Crippen MR) is 106 cm³/mol. The maximum absolute atomic E-state index is 5.92. The predicted octanol–water partition coefficient (Wildman–Crippen LogP) is 5.43. The largest absolute Gasteiger partial charge is 0.489 e. The molecule has 0 aliphatic rings. The molecular weight excluding hydrogens is 320 g/mol. The van der Waals surface area contributed by atoms with Crippen molar-refractivity contribution in [1.29, 1.82) is 0 Å². The quantitative estimate of drug-likeness (QED) is 0.508. The van der Waals surface area contributed by atoms with Crippen LogP contribution in [0.5, 0.6) is 5.75 Å². The van der Waals surface area contributed by atoms with Gasteiger partial charge in [-0.3, -0.25) is 4.98 Å². The first-order valence-electron chi connectivity index (χ1n) is 8.71. The van der Waals surface area contributed by atoms with E-state index in [0.717, 1.165) is 34.4 Å². The van der Waals surface area contributed by atoms with Crippen LogP contribution in [-0.2, 0) is 13.2 Å². The first-order valence-corrected chi connectivity index (χ1v) is 8.71. The Bertz CT molecular complexity index is 906. The number of nitrogens with one attached hydrogen (secondary N) is 1. The molecule has 1 heterocycles. The highest BCUT2D eigenvalue weighted by Crippen LogP contribution is 2.23. The second-order valence-electron chi connectivity index (χ2n) is 6.19. The fraction of sp³-hybridized carbons (Fsp3) is 0.0870. The van der Waals surface area contributed by atoms with E-state index >= 15 is 0 Å². The van der Waals surface area contributed by atoms with Crippen molar-refractivity contribution in [2.45, 2.75) is 13.2 Å².